The van der Waals surface area contributed by atoms with E-state index in [4.69, 9.17) is 28.4 Å². The van der Waals surface area contributed by atoms with Gasteiger partial charge in [0.25, 0.3) is 5.69 Å². The normalized spacial score (nSPS) is 12.7. The Bertz CT molecular complexity index is 3250. The second-order valence-electron chi connectivity index (χ2n) is 15.8. The zero-order valence-corrected chi connectivity index (χ0v) is 38.8. The molecule has 0 aliphatic carbocycles. The third-order valence-corrected chi connectivity index (χ3v) is 11.4. The number of carbonyl (C=O) groups excluding carboxylic acids is 2. The number of azo groups is 2. The number of phenolic OH excluding ortho intramolecular Hbond substituents is 1. The molecule has 1 N–H and O–H groups in total. The van der Waals surface area contributed by atoms with Gasteiger partial charge in [0, 0.05) is 72.0 Å². The molecule has 17 nitrogen and oxygen atoms in total. The maximum Gasteiger partial charge on any atom is 0.347 e. The van der Waals surface area contributed by atoms with E-state index >= 15 is 4.39 Å². The van der Waals surface area contributed by atoms with Crippen LogP contribution in [0.5, 0.6) is 40.2 Å². The largest absolute Gasteiger partial charge is 0.507 e. The molecule has 1 aliphatic heterocycles. The molecular formula is C53H45FN6O11. The third kappa shape index (κ3) is 11.1. The number of non-ortho nitro benzene ring substituents is 1. The van der Waals surface area contributed by atoms with Crippen molar-refractivity contribution < 1.29 is 52.4 Å². The van der Waals surface area contributed by atoms with Gasteiger partial charge in [0.15, 0.2) is 0 Å². The van der Waals surface area contributed by atoms with Crippen molar-refractivity contribution in [3.8, 4) is 40.2 Å². The fourth-order valence-electron chi connectivity index (χ4n) is 7.82. The van der Waals surface area contributed by atoms with Gasteiger partial charge in [-0.25, -0.2) is 14.0 Å². The second-order valence-corrected chi connectivity index (χ2v) is 15.8. The van der Waals surface area contributed by atoms with Gasteiger partial charge < -0.3 is 38.4 Å². The van der Waals surface area contributed by atoms with E-state index in [1.165, 1.54) is 94.5 Å². The lowest BCUT2D eigenvalue weighted by Crippen LogP contribution is -2.29. The van der Waals surface area contributed by atoms with Crippen molar-refractivity contribution in [1.82, 2.24) is 0 Å². The quantitative estimate of drug-likeness (QED) is 0.0240. The van der Waals surface area contributed by atoms with Crippen LogP contribution in [0.1, 0.15) is 51.1 Å². The van der Waals surface area contributed by atoms with Gasteiger partial charge in [-0.2, -0.15) is 5.11 Å². The van der Waals surface area contributed by atoms with Crippen molar-refractivity contribution in [2.75, 3.05) is 46.4 Å². The molecule has 0 radical (unpaired) electrons. The molecule has 0 saturated carbocycles. The highest BCUT2D eigenvalue weighted by Crippen LogP contribution is 2.40. The zero-order valence-electron chi connectivity index (χ0n) is 38.8. The molecule has 0 atom stereocenters. The number of phenols is 1. The number of hydrogen-bond donors (Lipinski definition) is 1. The van der Waals surface area contributed by atoms with Gasteiger partial charge in [0.1, 0.15) is 62.9 Å². The number of piperidine rings is 1. The minimum atomic E-state index is -0.857. The molecule has 7 aromatic rings. The lowest BCUT2D eigenvalue weighted by molar-refractivity contribution is -0.384. The maximum atomic E-state index is 15.5. The smallest absolute Gasteiger partial charge is 0.347 e. The Morgan fingerprint density at radius 1 is 0.634 bits per heavy atom. The summed E-state index contributed by atoms with van der Waals surface area (Å²) in [6, 6.07) is 30.6. The van der Waals surface area contributed by atoms with Gasteiger partial charge in [0.05, 0.1) is 56.0 Å². The highest BCUT2D eigenvalue weighted by molar-refractivity contribution is 6.00. The van der Waals surface area contributed by atoms with E-state index < -0.39 is 22.7 Å². The predicted octanol–water partition coefficient (Wildman–Crippen LogP) is 13.1. The lowest BCUT2D eigenvalue weighted by Gasteiger charge is -2.29. The molecule has 0 spiro atoms. The van der Waals surface area contributed by atoms with E-state index in [0.717, 1.165) is 31.6 Å². The molecule has 360 valence electrons. The summed E-state index contributed by atoms with van der Waals surface area (Å²) in [5.41, 5.74) is 3.36. The SMILES string of the molecule is COc1cc(N2CCCCC2)ccc1N=Nc1ccc(N=Nc2ccc(C(=O)Oc3ccc(C(=O)Oc4cc(O)c(/C=C/c5ccc([N+](=O)[O-])cc5)c(OC)c4)c(OC)c3)c(OC)c2)c2c(F)cccc12. The number of rotatable bonds is 16. The molecule has 0 amide bonds. The van der Waals surface area contributed by atoms with Gasteiger partial charge in [-0.05, 0) is 97.6 Å². The number of hydrogen-bond acceptors (Lipinski definition) is 16. The van der Waals surface area contributed by atoms with Crippen molar-refractivity contribution in [2.24, 2.45) is 20.5 Å². The molecule has 0 aromatic heterocycles. The first-order valence-corrected chi connectivity index (χ1v) is 22.1. The highest BCUT2D eigenvalue weighted by atomic mass is 19.1. The second kappa shape index (κ2) is 21.8. The van der Waals surface area contributed by atoms with Crippen LogP contribution in [0, 0.1) is 15.9 Å². The van der Waals surface area contributed by atoms with E-state index in [2.05, 4.69) is 25.4 Å². The molecule has 0 unspecified atom stereocenters. The first-order chi connectivity index (χ1) is 34.5. The summed E-state index contributed by atoms with van der Waals surface area (Å²) < 4.78 is 48.7. The Morgan fingerprint density at radius 3 is 1.96 bits per heavy atom. The van der Waals surface area contributed by atoms with E-state index in [-0.39, 0.29) is 73.6 Å². The molecule has 1 heterocycles. The number of halogens is 1. The number of anilines is 1. The summed E-state index contributed by atoms with van der Waals surface area (Å²) >= 11 is 0. The van der Waals surface area contributed by atoms with Crippen LogP contribution in [0.25, 0.3) is 22.9 Å². The number of nitrogens with zero attached hydrogens (tertiary/aromatic N) is 6. The summed E-state index contributed by atoms with van der Waals surface area (Å²) in [5.74, 6) is -1.62. The first-order valence-electron chi connectivity index (χ1n) is 22.1. The third-order valence-electron chi connectivity index (χ3n) is 11.4. The van der Waals surface area contributed by atoms with Crippen LogP contribution in [0.2, 0.25) is 0 Å². The van der Waals surface area contributed by atoms with Gasteiger partial charge in [0.2, 0.25) is 0 Å². The molecule has 71 heavy (non-hydrogen) atoms. The topological polar surface area (TPSA) is 206 Å². The number of carbonyl (C=O) groups is 2. The average molecular weight is 961 g/mol. The van der Waals surface area contributed by atoms with Crippen molar-refractivity contribution >= 4 is 69.0 Å². The molecular weight excluding hydrogens is 916 g/mol. The van der Waals surface area contributed by atoms with E-state index in [9.17, 15) is 24.8 Å². The van der Waals surface area contributed by atoms with Crippen LogP contribution in [0.3, 0.4) is 0 Å². The Kier molecular flexibility index (Phi) is 14.8. The Balaban J connectivity index is 0.943. The van der Waals surface area contributed by atoms with Crippen molar-refractivity contribution in [3.05, 3.63) is 160 Å². The van der Waals surface area contributed by atoms with Crippen molar-refractivity contribution in [3.63, 3.8) is 0 Å². The monoisotopic (exact) mass is 960 g/mol. The van der Waals surface area contributed by atoms with Gasteiger partial charge in [-0.15, -0.1) is 15.3 Å². The minimum absolute atomic E-state index is 0.0139. The van der Waals surface area contributed by atoms with Gasteiger partial charge in [-0.1, -0.05) is 18.2 Å². The van der Waals surface area contributed by atoms with E-state index in [0.29, 0.717) is 28.1 Å². The number of esters is 2. The molecule has 1 saturated heterocycles. The van der Waals surface area contributed by atoms with E-state index in [1.807, 2.05) is 18.2 Å². The number of ether oxygens (including phenoxy) is 6. The first kappa shape index (κ1) is 48.3. The number of fused-ring (bicyclic) bond motifs is 1. The molecule has 18 heteroatoms. The minimum Gasteiger partial charge on any atom is -0.507 e. The van der Waals surface area contributed by atoms with Gasteiger partial charge >= 0.3 is 11.9 Å². The highest BCUT2D eigenvalue weighted by Gasteiger charge is 2.22. The predicted molar refractivity (Wildman–Crippen MR) is 264 cm³/mol. The molecule has 7 aromatic carbocycles. The molecule has 8 rings (SSSR count). The fourth-order valence-corrected chi connectivity index (χ4v) is 7.82. The number of aromatic hydroxyl groups is 1. The summed E-state index contributed by atoms with van der Waals surface area (Å²) in [6.45, 7) is 1.97. The summed E-state index contributed by atoms with van der Waals surface area (Å²) in [4.78, 5) is 39.7. The molecule has 0 bridgehead atoms. The standard InChI is InChI=1S/C53H45FN6O11/c1-66-47-27-33(55-58-45-24-23-43(38-9-8-10-42(54)51(38)45)56-57-44-22-17-35(28-50(44)69-4)59-25-6-5-7-26-59)14-20-40(47)52(62)70-36-18-21-41(49(30-36)68-3)53(63)71-37-29-46(61)39(48(31-37)67-2)19-13-32-11-15-34(16-12-32)60(64)65/h8-24,27-31,61H,5-7,25-26H2,1-4H3/b19-13+,57-56?,58-55?. The summed E-state index contributed by atoms with van der Waals surface area (Å²) in [5, 5.41) is 40.1. The number of nitro benzene ring substituents is 1. The van der Waals surface area contributed by atoms with E-state index in [1.54, 1.807) is 55.7 Å². The zero-order chi connectivity index (χ0) is 50.0. The molecule has 1 fully saturated rings. The Morgan fingerprint density at radius 2 is 1.25 bits per heavy atom. The van der Waals surface area contributed by atoms with Crippen LogP contribution in [-0.4, -0.2) is 63.5 Å². The Labute approximate surface area is 406 Å². The van der Waals surface area contributed by atoms with Crippen molar-refractivity contribution in [1.29, 1.82) is 0 Å². The Hall–Kier alpha value is -9.19. The number of methoxy groups -OCH3 is 4. The van der Waals surface area contributed by atoms with Crippen LogP contribution in [0.15, 0.2) is 142 Å². The van der Waals surface area contributed by atoms with Crippen LogP contribution in [-0.2, 0) is 0 Å². The van der Waals surface area contributed by atoms with Crippen LogP contribution >= 0.6 is 0 Å². The van der Waals surface area contributed by atoms with Crippen molar-refractivity contribution in [2.45, 2.75) is 19.3 Å². The van der Waals surface area contributed by atoms with Gasteiger partial charge in [-0.3, -0.25) is 10.1 Å². The van der Waals surface area contributed by atoms with Crippen LogP contribution in [0.4, 0.5) is 38.5 Å². The number of nitro groups is 1. The summed E-state index contributed by atoms with van der Waals surface area (Å²) in [6.07, 6.45) is 6.69. The number of benzene rings is 7. The van der Waals surface area contributed by atoms with Crippen LogP contribution < -0.4 is 33.3 Å². The average Bonchev–Trinajstić information content (AvgIpc) is 3.39. The summed E-state index contributed by atoms with van der Waals surface area (Å²) in [7, 11) is 5.64. The fraction of sp³-hybridized carbons (Fsp3) is 0.170. The molecule has 1 aliphatic rings. The lowest BCUT2D eigenvalue weighted by atomic mass is 10.1. The maximum absolute atomic E-state index is 15.5.